The number of aryl methyl sites for hydroxylation is 1. The summed E-state index contributed by atoms with van der Waals surface area (Å²) in [5, 5.41) is 22.3. The summed E-state index contributed by atoms with van der Waals surface area (Å²) in [6.07, 6.45) is 5.41. The summed E-state index contributed by atoms with van der Waals surface area (Å²) < 4.78 is 29.5. The molecule has 0 aromatic carbocycles. The molecule has 13 nitrogen and oxygen atoms in total. The minimum Gasteiger partial charge on any atom is -0.441 e. The molecule has 4 aromatic heterocycles. The van der Waals surface area contributed by atoms with Crippen molar-refractivity contribution in [3.63, 3.8) is 0 Å². The molecule has 3 aliphatic carbocycles. The van der Waals surface area contributed by atoms with Crippen LogP contribution in [0.15, 0.2) is 31.0 Å². The van der Waals surface area contributed by atoms with Crippen LogP contribution in [0.3, 0.4) is 0 Å². The lowest BCUT2D eigenvalue weighted by molar-refractivity contribution is -0.0528. The number of carbonyl (C=O) groups is 1. The number of nitrogens with zero attached hydrogens (tertiary/aromatic N) is 7. The lowest BCUT2D eigenvalue weighted by atomic mass is 9.50. The van der Waals surface area contributed by atoms with Gasteiger partial charge in [0.1, 0.15) is 17.9 Å². The third-order valence-electron chi connectivity index (χ3n) is 7.47. The molecule has 0 radical (unpaired) electrons. The average molecular weight is 519 g/mol. The highest BCUT2D eigenvalue weighted by Crippen LogP contribution is 2.57. The Hall–Kier alpha value is -4.51. The highest BCUT2D eigenvalue weighted by atomic mass is 19.1. The first-order chi connectivity index (χ1) is 18.4. The Kier molecular flexibility index (Phi) is 4.92. The molecule has 194 valence electrons. The number of fused-ring (bicyclic) bond motifs is 1. The number of alkyl halides is 1. The number of aromatic amines is 1. The largest absolute Gasteiger partial charge is 0.441 e. The molecule has 4 fully saturated rings. The first-order valence-electron chi connectivity index (χ1n) is 12.3. The Labute approximate surface area is 215 Å². The predicted octanol–water partition coefficient (Wildman–Crippen LogP) is 2.62. The van der Waals surface area contributed by atoms with Crippen LogP contribution >= 0.6 is 0 Å². The highest BCUT2D eigenvalue weighted by Gasteiger charge is 2.58. The second-order valence-electron chi connectivity index (χ2n) is 10.2. The first kappa shape index (κ1) is 22.7. The van der Waals surface area contributed by atoms with Crippen LogP contribution in [0.5, 0.6) is 0 Å². The van der Waals surface area contributed by atoms with Crippen LogP contribution in [0.1, 0.15) is 42.4 Å². The Morgan fingerprint density at radius 2 is 2.18 bits per heavy atom. The molecule has 3 N–H and O–H groups in total. The van der Waals surface area contributed by atoms with Gasteiger partial charge in [-0.25, -0.2) is 24.1 Å². The Morgan fingerprint density at radius 3 is 2.89 bits per heavy atom. The average Bonchev–Trinajstić information content (AvgIpc) is 3.64. The van der Waals surface area contributed by atoms with Gasteiger partial charge in [-0.15, -0.1) is 0 Å². The predicted molar refractivity (Wildman–Crippen MR) is 128 cm³/mol. The van der Waals surface area contributed by atoms with E-state index >= 15 is 4.39 Å². The number of H-pyrrole nitrogens is 1. The number of ether oxygens (including phenoxy) is 2. The summed E-state index contributed by atoms with van der Waals surface area (Å²) in [4.78, 5) is 25.4. The van der Waals surface area contributed by atoms with Crippen molar-refractivity contribution in [2.45, 2.75) is 50.1 Å². The summed E-state index contributed by atoms with van der Waals surface area (Å²) in [6.45, 7) is 1.81. The van der Waals surface area contributed by atoms with Gasteiger partial charge in [0.05, 0.1) is 36.7 Å². The quantitative estimate of drug-likeness (QED) is 0.349. The number of rotatable bonds is 6. The normalized spacial score (nSPS) is 27.4. The third kappa shape index (κ3) is 3.66. The Balaban J connectivity index is 1.07. The number of halogens is 1. The van der Waals surface area contributed by atoms with Crippen molar-refractivity contribution in [2.24, 2.45) is 5.92 Å². The van der Waals surface area contributed by atoms with Gasteiger partial charge in [-0.2, -0.15) is 10.4 Å². The van der Waals surface area contributed by atoms with Gasteiger partial charge in [0.2, 0.25) is 5.95 Å². The van der Waals surface area contributed by atoms with Gasteiger partial charge >= 0.3 is 6.09 Å². The zero-order chi connectivity index (χ0) is 26.0. The molecule has 3 atom stereocenters. The Bertz CT molecular complexity index is 1590. The van der Waals surface area contributed by atoms with Crippen molar-refractivity contribution in [3.8, 4) is 11.8 Å². The summed E-state index contributed by atoms with van der Waals surface area (Å²) in [6, 6.07) is 3.64. The summed E-state index contributed by atoms with van der Waals surface area (Å²) >= 11 is 0. The van der Waals surface area contributed by atoms with Crippen LogP contribution in [-0.2, 0) is 9.47 Å². The zero-order valence-electron chi connectivity index (χ0n) is 20.3. The number of nitriles is 1. The van der Waals surface area contributed by atoms with Crippen molar-refractivity contribution < 1.29 is 18.7 Å². The van der Waals surface area contributed by atoms with Crippen molar-refractivity contribution in [3.05, 3.63) is 48.1 Å². The standard InChI is InChI=1S/C24H23FN10O3/c1-12-8-34(11-28-12)16-7-27-22(35-9-14(6-26)29-21(16)35)30-18-2-15(32-33-18)20-19(25)17(10-37-20)38-23(36)31-24-3-13(4-24)5-24/h2,7-9,11,13,17,19-20H,3-5,10H2,1H3,(H,31,36)(H2,27,30,32,33)/t13?,17-,19+,20-,24?/m1/s1. The monoisotopic (exact) mass is 518 g/mol. The molecule has 1 aliphatic heterocycles. The number of anilines is 2. The lowest BCUT2D eigenvalue weighted by Crippen LogP contribution is -2.68. The van der Waals surface area contributed by atoms with E-state index in [0.717, 1.165) is 25.0 Å². The molecule has 5 heterocycles. The second kappa shape index (κ2) is 8.25. The molecule has 38 heavy (non-hydrogen) atoms. The van der Waals surface area contributed by atoms with E-state index in [4.69, 9.17) is 9.47 Å². The van der Waals surface area contributed by atoms with Crippen LogP contribution in [0, 0.1) is 24.2 Å². The van der Waals surface area contributed by atoms with Gasteiger partial charge < -0.3 is 24.7 Å². The van der Waals surface area contributed by atoms with Gasteiger partial charge in [-0.3, -0.25) is 9.50 Å². The van der Waals surface area contributed by atoms with Crippen LogP contribution in [0.2, 0.25) is 0 Å². The molecule has 0 spiro atoms. The van der Waals surface area contributed by atoms with E-state index in [-0.39, 0.29) is 17.8 Å². The number of carbonyl (C=O) groups excluding carboxylic acids is 1. The number of amides is 1. The Morgan fingerprint density at radius 1 is 1.34 bits per heavy atom. The van der Waals surface area contributed by atoms with E-state index in [9.17, 15) is 10.1 Å². The summed E-state index contributed by atoms with van der Waals surface area (Å²) in [5.74, 6) is 1.41. The van der Waals surface area contributed by atoms with Crippen LogP contribution in [0.25, 0.3) is 11.3 Å². The maximum atomic E-state index is 15.2. The smallest absolute Gasteiger partial charge is 0.408 e. The van der Waals surface area contributed by atoms with Crippen LogP contribution in [-0.4, -0.2) is 64.6 Å². The topological polar surface area (TPSA) is 160 Å². The molecule has 1 saturated heterocycles. The number of hydrogen-bond donors (Lipinski definition) is 3. The molecule has 4 aromatic rings. The molecular formula is C24H23FN10O3. The van der Waals surface area contributed by atoms with Gasteiger partial charge in [0.25, 0.3) is 0 Å². The summed E-state index contributed by atoms with van der Waals surface area (Å²) in [5.41, 5.74) is 2.41. The van der Waals surface area contributed by atoms with Gasteiger partial charge in [0.15, 0.2) is 29.4 Å². The third-order valence-corrected chi connectivity index (χ3v) is 7.47. The van der Waals surface area contributed by atoms with E-state index < -0.39 is 24.5 Å². The number of alkyl carbamates (subject to hydrolysis) is 1. The molecule has 3 saturated carbocycles. The van der Waals surface area contributed by atoms with E-state index in [1.54, 1.807) is 33.8 Å². The van der Waals surface area contributed by atoms with Crippen molar-refractivity contribution in [2.75, 3.05) is 11.9 Å². The molecule has 1 amide bonds. The number of imidazole rings is 2. The van der Waals surface area contributed by atoms with E-state index in [0.29, 0.717) is 34.7 Å². The number of nitrogens with one attached hydrogen (secondary N) is 3. The van der Waals surface area contributed by atoms with Gasteiger partial charge in [0, 0.05) is 17.8 Å². The molecule has 0 unspecified atom stereocenters. The fraction of sp³-hybridized carbons (Fsp3) is 0.417. The molecule has 2 bridgehead atoms. The van der Waals surface area contributed by atoms with Gasteiger partial charge in [-0.1, -0.05) is 0 Å². The van der Waals surface area contributed by atoms with Crippen molar-refractivity contribution >= 4 is 23.5 Å². The van der Waals surface area contributed by atoms with Gasteiger partial charge in [-0.05, 0) is 32.1 Å². The maximum Gasteiger partial charge on any atom is 0.408 e. The second-order valence-corrected chi connectivity index (χ2v) is 10.2. The van der Waals surface area contributed by atoms with E-state index in [1.807, 2.05) is 19.2 Å². The van der Waals surface area contributed by atoms with Crippen molar-refractivity contribution in [1.82, 2.24) is 39.4 Å². The van der Waals surface area contributed by atoms with E-state index in [2.05, 4.69) is 35.8 Å². The zero-order valence-corrected chi connectivity index (χ0v) is 20.3. The van der Waals surface area contributed by atoms with E-state index in [1.165, 1.54) is 0 Å². The molecule has 4 aliphatic rings. The lowest BCUT2D eigenvalue weighted by Gasteiger charge is -2.61. The molecule has 8 rings (SSSR count). The number of aromatic nitrogens is 7. The fourth-order valence-corrected chi connectivity index (χ4v) is 5.46. The maximum absolute atomic E-state index is 15.2. The highest BCUT2D eigenvalue weighted by molar-refractivity contribution is 5.69. The first-order valence-corrected chi connectivity index (χ1v) is 12.3. The van der Waals surface area contributed by atoms with Crippen molar-refractivity contribution in [1.29, 1.82) is 5.26 Å². The SMILES string of the molecule is Cc1cn(-c2cnc(Nc3cc([C@H]4OC[C@@H](OC(=O)NC56CC(C5)C6)[C@@H]4F)[nH]n3)n3cc(C#N)nc23)cn1. The van der Waals surface area contributed by atoms with Crippen LogP contribution < -0.4 is 10.6 Å². The summed E-state index contributed by atoms with van der Waals surface area (Å²) in [7, 11) is 0. The van der Waals surface area contributed by atoms with Crippen LogP contribution in [0.4, 0.5) is 21.0 Å². The molecular weight excluding hydrogens is 495 g/mol. The fourth-order valence-electron chi connectivity index (χ4n) is 5.46. The number of hydrogen-bond acceptors (Lipinski definition) is 9. The minimum absolute atomic E-state index is 0.0556. The minimum atomic E-state index is -1.56. The molecule has 14 heteroatoms.